The van der Waals surface area contributed by atoms with E-state index in [4.69, 9.17) is 16.3 Å². The van der Waals surface area contributed by atoms with Gasteiger partial charge in [-0.3, -0.25) is 0 Å². The van der Waals surface area contributed by atoms with Crippen LogP contribution in [-0.4, -0.2) is 19.3 Å². The Morgan fingerprint density at radius 3 is 3.07 bits per heavy atom. The van der Waals surface area contributed by atoms with Crippen molar-refractivity contribution in [3.8, 4) is 0 Å². The lowest BCUT2D eigenvalue weighted by Crippen LogP contribution is -2.28. The van der Waals surface area contributed by atoms with E-state index in [0.717, 1.165) is 35.7 Å². The molecule has 2 rings (SSSR count). The highest BCUT2D eigenvalue weighted by Gasteiger charge is 2.14. The molecule has 1 saturated heterocycles. The largest absolute Gasteiger partial charge is 0.380 e. The van der Waals surface area contributed by atoms with Crippen molar-refractivity contribution in [3.05, 3.63) is 33.3 Å². The topological polar surface area (TPSA) is 21.3 Å². The first-order chi connectivity index (χ1) is 7.25. The maximum atomic E-state index is 5.87. The van der Waals surface area contributed by atoms with Crippen molar-refractivity contribution in [1.29, 1.82) is 0 Å². The summed E-state index contributed by atoms with van der Waals surface area (Å²) in [7, 11) is 0. The van der Waals surface area contributed by atoms with E-state index in [-0.39, 0.29) is 0 Å². The molecule has 2 nitrogen and oxygen atoms in total. The van der Waals surface area contributed by atoms with Crippen LogP contribution in [0.2, 0.25) is 5.02 Å². The number of benzene rings is 1. The van der Waals surface area contributed by atoms with Gasteiger partial charge in [0.15, 0.2) is 0 Å². The molecule has 1 atom stereocenters. The summed E-state index contributed by atoms with van der Waals surface area (Å²) in [5.74, 6) is 0. The van der Waals surface area contributed by atoms with Gasteiger partial charge in [0.1, 0.15) is 0 Å². The number of nitrogens with one attached hydrogen (secondary N) is 1. The van der Waals surface area contributed by atoms with Crippen LogP contribution < -0.4 is 5.32 Å². The number of ether oxygens (including phenoxy) is 1. The van der Waals surface area contributed by atoms with Crippen LogP contribution in [0, 0.1) is 0 Å². The summed E-state index contributed by atoms with van der Waals surface area (Å²) < 4.78 is 6.36. The van der Waals surface area contributed by atoms with Crippen molar-refractivity contribution in [2.75, 3.05) is 13.2 Å². The minimum Gasteiger partial charge on any atom is -0.380 e. The third-order valence-corrected chi connectivity index (χ3v) is 3.50. The van der Waals surface area contributed by atoms with Crippen LogP contribution >= 0.6 is 27.5 Å². The van der Waals surface area contributed by atoms with Crippen LogP contribution in [0.1, 0.15) is 12.0 Å². The Bertz CT molecular complexity index is 339. The molecule has 0 radical (unpaired) electrons. The molecule has 4 heteroatoms. The summed E-state index contributed by atoms with van der Waals surface area (Å²) in [6.07, 6.45) is 1.10. The number of rotatable bonds is 3. The molecule has 1 aliphatic rings. The average molecular weight is 291 g/mol. The Labute approximate surface area is 103 Å². The van der Waals surface area contributed by atoms with Gasteiger partial charge in [0.05, 0.1) is 6.61 Å². The Balaban J connectivity index is 1.92. The van der Waals surface area contributed by atoms with E-state index < -0.39 is 0 Å². The Morgan fingerprint density at radius 1 is 1.53 bits per heavy atom. The van der Waals surface area contributed by atoms with Crippen molar-refractivity contribution >= 4 is 27.5 Å². The molecular formula is C11H13BrClNO. The normalized spacial score (nSPS) is 20.8. The summed E-state index contributed by atoms with van der Waals surface area (Å²) in [5, 5.41) is 4.22. The molecule has 1 aromatic rings. The van der Waals surface area contributed by atoms with Crippen LogP contribution in [0.25, 0.3) is 0 Å². The minimum atomic E-state index is 0.493. The number of halogens is 2. The van der Waals surface area contributed by atoms with Crippen molar-refractivity contribution in [2.24, 2.45) is 0 Å². The predicted octanol–water partition coefficient (Wildman–Crippen LogP) is 2.98. The van der Waals surface area contributed by atoms with Crippen LogP contribution in [0.3, 0.4) is 0 Å². The fourth-order valence-corrected chi connectivity index (χ4v) is 2.44. The Hall–Kier alpha value is -0.0900. The van der Waals surface area contributed by atoms with Crippen LogP contribution in [0.15, 0.2) is 22.7 Å². The molecule has 0 aromatic heterocycles. The highest BCUT2D eigenvalue weighted by molar-refractivity contribution is 9.10. The second kappa shape index (κ2) is 5.30. The van der Waals surface area contributed by atoms with Gasteiger partial charge in [0.25, 0.3) is 0 Å². The van der Waals surface area contributed by atoms with Gasteiger partial charge in [-0.05, 0) is 24.1 Å². The van der Waals surface area contributed by atoms with Crippen molar-refractivity contribution in [3.63, 3.8) is 0 Å². The van der Waals surface area contributed by atoms with Crippen LogP contribution in [0.4, 0.5) is 0 Å². The number of hydrogen-bond acceptors (Lipinski definition) is 2. The summed E-state index contributed by atoms with van der Waals surface area (Å²) in [5.41, 5.74) is 1.23. The smallest absolute Gasteiger partial charge is 0.0620 e. The van der Waals surface area contributed by atoms with E-state index in [9.17, 15) is 0 Å². The predicted molar refractivity (Wildman–Crippen MR) is 65.2 cm³/mol. The molecule has 15 heavy (non-hydrogen) atoms. The molecular weight excluding hydrogens is 277 g/mol. The fraction of sp³-hybridized carbons (Fsp3) is 0.455. The SMILES string of the molecule is Clc1ccc(CNC2CCOC2)c(Br)c1. The van der Waals surface area contributed by atoms with Crippen molar-refractivity contribution in [1.82, 2.24) is 5.32 Å². The van der Waals surface area contributed by atoms with Gasteiger partial charge in [-0.15, -0.1) is 0 Å². The second-order valence-corrected chi connectivity index (χ2v) is 4.97. The molecule has 0 amide bonds. The minimum absolute atomic E-state index is 0.493. The average Bonchev–Trinajstić information content (AvgIpc) is 2.69. The van der Waals surface area contributed by atoms with E-state index in [1.165, 1.54) is 5.56 Å². The Morgan fingerprint density at radius 2 is 2.40 bits per heavy atom. The lowest BCUT2D eigenvalue weighted by atomic mass is 10.2. The zero-order chi connectivity index (χ0) is 10.7. The first-order valence-corrected chi connectivity index (χ1v) is 6.18. The van der Waals surface area contributed by atoms with E-state index in [0.29, 0.717) is 6.04 Å². The Kier molecular flexibility index (Phi) is 4.03. The van der Waals surface area contributed by atoms with Crippen molar-refractivity contribution in [2.45, 2.75) is 19.0 Å². The van der Waals surface area contributed by atoms with Gasteiger partial charge in [-0.25, -0.2) is 0 Å². The van der Waals surface area contributed by atoms with Gasteiger partial charge in [0, 0.05) is 28.7 Å². The molecule has 1 aromatic carbocycles. The molecule has 0 bridgehead atoms. The van der Waals surface area contributed by atoms with Gasteiger partial charge in [-0.1, -0.05) is 33.6 Å². The van der Waals surface area contributed by atoms with Crippen LogP contribution in [-0.2, 0) is 11.3 Å². The molecule has 82 valence electrons. The van der Waals surface area contributed by atoms with Gasteiger partial charge < -0.3 is 10.1 Å². The molecule has 1 fully saturated rings. The first kappa shape index (κ1) is 11.4. The lowest BCUT2D eigenvalue weighted by molar-refractivity contribution is 0.190. The maximum absolute atomic E-state index is 5.87. The zero-order valence-corrected chi connectivity index (χ0v) is 10.6. The van der Waals surface area contributed by atoms with E-state index in [2.05, 4.69) is 21.2 Å². The maximum Gasteiger partial charge on any atom is 0.0620 e. The monoisotopic (exact) mass is 289 g/mol. The molecule has 0 aliphatic carbocycles. The first-order valence-electron chi connectivity index (χ1n) is 5.01. The third-order valence-electron chi connectivity index (χ3n) is 2.53. The third kappa shape index (κ3) is 3.18. The standard InChI is InChI=1S/C11H13BrClNO/c12-11-5-9(13)2-1-8(11)6-14-10-3-4-15-7-10/h1-2,5,10,14H,3-4,6-7H2. The van der Waals surface area contributed by atoms with Crippen LogP contribution in [0.5, 0.6) is 0 Å². The summed E-state index contributed by atoms with van der Waals surface area (Å²) in [6.45, 7) is 2.55. The van der Waals surface area contributed by atoms with E-state index in [1.54, 1.807) is 0 Å². The van der Waals surface area contributed by atoms with Gasteiger partial charge in [-0.2, -0.15) is 0 Å². The van der Waals surface area contributed by atoms with Crippen molar-refractivity contribution < 1.29 is 4.74 Å². The van der Waals surface area contributed by atoms with E-state index >= 15 is 0 Å². The molecule has 1 unspecified atom stereocenters. The zero-order valence-electron chi connectivity index (χ0n) is 8.30. The van der Waals surface area contributed by atoms with Gasteiger partial charge >= 0.3 is 0 Å². The quantitative estimate of drug-likeness (QED) is 0.924. The van der Waals surface area contributed by atoms with Gasteiger partial charge in [0.2, 0.25) is 0 Å². The summed E-state index contributed by atoms with van der Waals surface area (Å²) in [6, 6.07) is 6.36. The molecule has 1 aliphatic heterocycles. The number of hydrogen-bond donors (Lipinski definition) is 1. The molecule has 0 spiro atoms. The molecule has 1 N–H and O–H groups in total. The molecule has 1 heterocycles. The summed E-state index contributed by atoms with van der Waals surface area (Å²) in [4.78, 5) is 0. The highest BCUT2D eigenvalue weighted by Crippen LogP contribution is 2.21. The summed E-state index contributed by atoms with van der Waals surface area (Å²) >= 11 is 9.37. The second-order valence-electron chi connectivity index (χ2n) is 3.68. The fourth-order valence-electron chi connectivity index (χ4n) is 1.61. The lowest BCUT2D eigenvalue weighted by Gasteiger charge is -2.11. The molecule has 0 saturated carbocycles. The van der Waals surface area contributed by atoms with E-state index in [1.807, 2.05) is 18.2 Å². The highest BCUT2D eigenvalue weighted by atomic mass is 79.9.